The molecule has 38 heavy (non-hydrogen) atoms. The van der Waals surface area contributed by atoms with E-state index in [9.17, 15) is 8.42 Å². The highest BCUT2D eigenvalue weighted by atomic mass is 32.2. The summed E-state index contributed by atoms with van der Waals surface area (Å²) in [6, 6.07) is 23.1. The lowest BCUT2D eigenvalue weighted by Gasteiger charge is -2.29. The summed E-state index contributed by atoms with van der Waals surface area (Å²) in [5.74, 6) is 0.819. The van der Waals surface area contributed by atoms with Crippen LogP contribution < -0.4 is 19.7 Å². The van der Waals surface area contributed by atoms with E-state index in [1.807, 2.05) is 80.7 Å². The first kappa shape index (κ1) is 25.7. The van der Waals surface area contributed by atoms with Crippen molar-refractivity contribution in [1.29, 1.82) is 0 Å². The van der Waals surface area contributed by atoms with Gasteiger partial charge in [-0.05, 0) is 98.4 Å². The molecule has 0 radical (unpaired) electrons. The molecule has 8 nitrogen and oxygen atoms in total. The van der Waals surface area contributed by atoms with Crippen molar-refractivity contribution in [2.75, 3.05) is 22.5 Å². The maximum Gasteiger partial charge on any atom is 0.229 e. The lowest BCUT2D eigenvalue weighted by atomic mass is 10.0. The van der Waals surface area contributed by atoms with Gasteiger partial charge in [0.25, 0.3) is 0 Å². The first-order valence-corrected chi connectivity index (χ1v) is 14.5. The normalized spacial score (nSPS) is 17.3. The highest BCUT2D eigenvalue weighted by Crippen LogP contribution is 2.43. The van der Waals surface area contributed by atoms with Gasteiger partial charge in [-0.15, -0.1) is 0 Å². The van der Waals surface area contributed by atoms with Crippen LogP contribution in [0.3, 0.4) is 0 Å². The van der Waals surface area contributed by atoms with Crippen molar-refractivity contribution in [3.8, 4) is 11.4 Å². The van der Waals surface area contributed by atoms with Crippen molar-refractivity contribution in [1.82, 2.24) is 14.9 Å². The third-order valence-corrected chi connectivity index (χ3v) is 7.30. The van der Waals surface area contributed by atoms with Crippen LogP contribution in [0.2, 0.25) is 0 Å². The molecular weight excluding hydrogens is 518 g/mol. The van der Waals surface area contributed by atoms with Crippen molar-refractivity contribution in [3.63, 3.8) is 0 Å². The molecule has 1 aliphatic rings. The quantitative estimate of drug-likeness (QED) is 0.296. The number of aryl methyl sites for hydroxylation is 1. The zero-order valence-corrected chi connectivity index (χ0v) is 23.0. The zero-order valence-electron chi connectivity index (χ0n) is 21.3. The number of hydrogen-bond donors (Lipinski definition) is 2. The van der Waals surface area contributed by atoms with Gasteiger partial charge in [-0.25, -0.2) is 8.42 Å². The monoisotopic (exact) mass is 547 g/mol. The highest BCUT2D eigenvalue weighted by molar-refractivity contribution is 7.92. The molecule has 2 N–H and O–H groups in total. The van der Waals surface area contributed by atoms with E-state index in [2.05, 4.69) is 30.6 Å². The first-order chi connectivity index (χ1) is 18.2. The number of nitrogens with zero attached hydrogens (tertiary/aromatic N) is 3. The molecule has 1 fully saturated rings. The molecule has 4 aromatic rings. The molecule has 0 bridgehead atoms. The summed E-state index contributed by atoms with van der Waals surface area (Å²) < 4.78 is 34.0. The van der Waals surface area contributed by atoms with Gasteiger partial charge < -0.3 is 19.5 Å². The molecule has 0 aliphatic carbocycles. The first-order valence-electron chi connectivity index (χ1n) is 12.2. The summed E-state index contributed by atoms with van der Waals surface area (Å²) in [5, 5.41) is 4.05. The van der Waals surface area contributed by atoms with E-state index in [1.54, 1.807) is 12.3 Å². The predicted molar refractivity (Wildman–Crippen MR) is 155 cm³/mol. The van der Waals surface area contributed by atoms with Gasteiger partial charge in [-0.2, -0.15) is 0 Å². The molecule has 0 saturated carbocycles. The summed E-state index contributed by atoms with van der Waals surface area (Å²) >= 11 is 5.87. The number of thiocarbonyl (C=S) groups is 1. The number of hydrogen-bond acceptors (Lipinski definition) is 5. The van der Waals surface area contributed by atoms with Crippen molar-refractivity contribution in [2.24, 2.45) is 0 Å². The van der Waals surface area contributed by atoms with E-state index in [0.29, 0.717) is 17.4 Å². The predicted octanol–water partition coefficient (Wildman–Crippen LogP) is 5.13. The highest BCUT2D eigenvalue weighted by Gasteiger charge is 2.42. The molecule has 2 aromatic heterocycles. The van der Waals surface area contributed by atoms with E-state index in [4.69, 9.17) is 17.0 Å². The molecule has 2 aromatic carbocycles. The number of benzene rings is 2. The fraction of sp³-hybridized carbons (Fsp3) is 0.214. The Morgan fingerprint density at radius 2 is 1.82 bits per heavy atom. The SMILES string of the molecule is CCOc1ccc(-n2cccc2C2C(c3ccccn3)NC(=S)N2c2ccc(NS(C)(=O)=O)c(C)c2)cc1. The third kappa shape index (κ3) is 5.23. The smallest absolute Gasteiger partial charge is 0.229 e. The zero-order chi connectivity index (χ0) is 26.9. The Morgan fingerprint density at radius 3 is 2.47 bits per heavy atom. The summed E-state index contributed by atoms with van der Waals surface area (Å²) in [4.78, 5) is 6.71. The van der Waals surface area contributed by atoms with Crippen LogP contribution >= 0.6 is 12.2 Å². The Labute approximate surface area is 228 Å². The van der Waals surface area contributed by atoms with Crippen LogP contribution in [0.4, 0.5) is 11.4 Å². The fourth-order valence-corrected chi connectivity index (χ4v) is 5.76. The minimum absolute atomic E-state index is 0.214. The fourth-order valence-electron chi connectivity index (χ4n) is 4.79. The van der Waals surface area contributed by atoms with Crippen molar-refractivity contribution in [2.45, 2.75) is 25.9 Å². The van der Waals surface area contributed by atoms with Crippen molar-refractivity contribution >= 4 is 38.7 Å². The molecule has 3 heterocycles. The summed E-state index contributed by atoms with van der Waals surface area (Å²) in [7, 11) is -3.40. The van der Waals surface area contributed by atoms with Gasteiger partial charge in [0, 0.05) is 29.5 Å². The molecule has 5 rings (SSSR count). The number of sulfonamides is 1. The minimum atomic E-state index is -3.40. The summed E-state index contributed by atoms with van der Waals surface area (Å²) in [5.41, 5.74) is 5.06. The molecule has 1 aliphatic heterocycles. The van der Waals surface area contributed by atoms with Gasteiger partial charge in [-0.1, -0.05) is 6.07 Å². The van der Waals surface area contributed by atoms with E-state index in [-0.39, 0.29) is 12.1 Å². The summed E-state index contributed by atoms with van der Waals surface area (Å²) in [6.45, 7) is 4.45. The van der Waals surface area contributed by atoms with Crippen LogP contribution in [-0.4, -0.2) is 35.9 Å². The van der Waals surface area contributed by atoms with Crippen LogP contribution in [0.1, 0.15) is 36.0 Å². The maximum atomic E-state index is 11.8. The van der Waals surface area contributed by atoms with Gasteiger partial charge in [0.2, 0.25) is 10.0 Å². The third-order valence-electron chi connectivity index (χ3n) is 6.39. The van der Waals surface area contributed by atoms with E-state index in [1.165, 1.54) is 0 Å². The lowest BCUT2D eigenvalue weighted by molar-refractivity contribution is 0.340. The lowest BCUT2D eigenvalue weighted by Crippen LogP contribution is -2.30. The topological polar surface area (TPSA) is 88.5 Å². The number of anilines is 2. The molecule has 10 heteroatoms. The molecular formula is C28H29N5O3S2. The Kier molecular flexibility index (Phi) is 7.09. The maximum absolute atomic E-state index is 11.8. The van der Waals surface area contributed by atoms with Gasteiger partial charge in [0.1, 0.15) is 11.8 Å². The van der Waals surface area contributed by atoms with E-state index >= 15 is 0 Å². The van der Waals surface area contributed by atoms with Gasteiger partial charge in [0.15, 0.2) is 5.11 Å². The van der Waals surface area contributed by atoms with Crippen LogP contribution in [0.25, 0.3) is 5.69 Å². The number of rotatable bonds is 8. The second-order valence-corrected chi connectivity index (χ2v) is 11.2. The number of ether oxygens (including phenoxy) is 1. The molecule has 196 valence electrons. The number of aromatic nitrogens is 2. The van der Waals surface area contributed by atoms with E-state index < -0.39 is 10.0 Å². The van der Waals surface area contributed by atoms with Gasteiger partial charge in [-0.3, -0.25) is 9.71 Å². The average molecular weight is 548 g/mol. The van der Waals surface area contributed by atoms with Crippen molar-refractivity contribution in [3.05, 3.63) is 102 Å². The van der Waals surface area contributed by atoms with Crippen LogP contribution in [0.5, 0.6) is 5.75 Å². The largest absolute Gasteiger partial charge is 0.494 e. The van der Waals surface area contributed by atoms with Crippen LogP contribution in [-0.2, 0) is 10.0 Å². The average Bonchev–Trinajstić information content (AvgIpc) is 3.50. The molecule has 2 atom stereocenters. The Morgan fingerprint density at radius 1 is 1.05 bits per heavy atom. The second-order valence-electron chi connectivity index (χ2n) is 9.10. The summed E-state index contributed by atoms with van der Waals surface area (Å²) in [6.07, 6.45) is 4.95. The number of pyridine rings is 1. The Bertz CT molecular complexity index is 1550. The van der Waals surface area contributed by atoms with E-state index in [0.717, 1.165) is 40.3 Å². The number of nitrogens with one attached hydrogen (secondary N) is 2. The molecule has 0 spiro atoms. The molecule has 0 amide bonds. The molecule has 1 saturated heterocycles. The van der Waals surface area contributed by atoms with Crippen molar-refractivity contribution < 1.29 is 13.2 Å². The minimum Gasteiger partial charge on any atom is -0.494 e. The molecule has 2 unspecified atom stereocenters. The van der Waals surface area contributed by atoms with Gasteiger partial charge in [0.05, 0.1) is 30.3 Å². The van der Waals surface area contributed by atoms with Crippen LogP contribution in [0.15, 0.2) is 85.2 Å². The second kappa shape index (κ2) is 10.5. The van der Waals surface area contributed by atoms with Gasteiger partial charge >= 0.3 is 0 Å². The standard InChI is InChI=1S/C28H29N5O3S2/c1-4-36-22-13-10-20(11-14-22)32-17-7-9-25(32)27-26(24-8-5-6-16-29-24)30-28(37)33(27)21-12-15-23(19(2)18-21)31-38(3,34)35/h5-18,26-27,31H,4H2,1-3H3,(H,30,37). The Hall–Kier alpha value is -3.89. The Balaban J connectivity index is 1.60. The van der Waals surface area contributed by atoms with Crippen LogP contribution in [0, 0.1) is 6.92 Å².